The molecule has 0 aliphatic carbocycles. The van der Waals surface area contributed by atoms with Gasteiger partial charge >= 0.3 is 0 Å². The van der Waals surface area contributed by atoms with E-state index in [0.717, 1.165) is 11.5 Å². The second kappa shape index (κ2) is 5.81. The van der Waals surface area contributed by atoms with Gasteiger partial charge in [0, 0.05) is 17.9 Å². The molecule has 2 nitrogen and oxygen atoms in total. The van der Waals surface area contributed by atoms with Gasteiger partial charge in [0.15, 0.2) is 0 Å². The van der Waals surface area contributed by atoms with Gasteiger partial charge in [-0.15, -0.1) is 0 Å². The molecule has 3 heteroatoms. The Kier molecular flexibility index (Phi) is 4.69. The zero-order valence-electron chi connectivity index (χ0n) is 9.25. The highest BCUT2D eigenvalue weighted by Gasteiger charge is 2.02. The van der Waals surface area contributed by atoms with Crippen LogP contribution in [-0.4, -0.2) is 11.7 Å². The van der Waals surface area contributed by atoms with Crippen molar-refractivity contribution in [1.82, 2.24) is 0 Å². The Morgan fingerprint density at radius 3 is 2.47 bits per heavy atom. The van der Waals surface area contributed by atoms with Gasteiger partial charge in [0.05, 0.1) is 0 Å². The van der Waals surface area contributed by atoms with Crippen LogP contribution < -0.4 is 5.73 Å². The first-order valence-electron chi connectivity index (χ1n) is 5.02. The smallest absolute Gasteiger partial charge is 0.218 e. The Morgan fingerprint density at radius 2 is 1.93 bits per heavy atom. The maximum absolute atomic E-state index is 10.6. The van der Waals surface area contributed by atoms with Crippen LogP contribution in [0.2, 0.25) is 0 Å². The van der Waals surface area contributed by atoms with E-state index in [1.54, 1.807) is 11.8 Å². The van der Waals surface area contributed by atoms with Gasteiger partial charge in [-0.25, -0.2) is 0 Å². The Labute approximate surface area is 95.2 Å². The molecule has 0 radical (unpaired) electrons. The molecule has 0 unspecified atom stereocenters. The average Bonchev–Trinajstić information content (AvgIpc) is 2.15. The summed E-state index contributed by atoms with van der Waals surface area (Å²) >= 11 is 1.76. The van der Waals surface area contributed by atoms with E-state index in [1.165, 1.54) is 16.7 Å². The molecule has 82 valence electrons. The van der Waals surface area contributed by atoms with Crippen LogP contribution >= 0.6 is 11.8 Å². The average molecular weight is 223 g/mol. The lowest BCUT2D eigenvalue weighted by atomic mass is 10.1. The number of nitrogens with two attached hydrogens (primary N) is 1. The summed E-state index contributed by atoms with van der Waals surface area (Å²) in [4.78, 5) is 10.6. The SMILES string of the molecule is Cc1cccc(C)c1CSCCC(N)=O. The normalized spacial score (nSPS) is 10.3. The second-order valence-electron chi connectivity index (χ2n) is 3.64. The summed E-state index contributed by atoms with van der Waals surface area (Å²) in [7, 11) is 0. The maximum Gasteiger partial charge on any atom is 0.218 e. The molecule has 0 atom stereocenters. The fourth-order valence-electron chi connectivity index (χ4n) is 1.42. The lowest BCUT2D eigenvalue weighted by Gasteiger charge is -2.08. The van der Waals surface area contributed by atoms with Crippen LogP contribution in [0.1, 0.15) is 23.1 Å². The van der Waals surface area contributed by atoms with Gasteiger partial charge in [-0.2, -0.15) is 11.8 Å². The number of aryl methyl sites for hydroxylation is 2. The fourth-order valence-corrected chi connectivity index (χ4v) is 2.57. The Morgan fingerprint density at radius 1 is 1.33 bits per heavy atom. The summed E-state index contributed by atoms with van der Waals surface area (Å²) in [5.74, 6) is 1.55. The van der Waals surface area contributed by atoms with Crippen molar-refractivity contribution in [2.75, 3.05) is 5.75 Å². The van der Waals surface area contributed by atoms with E-state index >= 15 is 0 Å². The molecule has 2 N–H and O–H groups in total. The third-order valence-corrected chi connectivity index (χ3v) is 3.37. The molecule has 0 heterocycles. The highest BCUT2D eigenvalue weighted by atomic mass is 32.2. The summed E-state index contributed by atoms with van der Waals surface area (Å²) in [5, 5.41) is 0. The zero-order chi connectivity index (χ0) is 11.3. The van der Waals surface area contributed by atoms with E-state index in [1.807, 2.05) is 0 Å². The molecule has 15 heavy (non-hydrogen) atoms. The summed E-state index contributed by atoms with van der Waals surface area (Å²) in [6.07, 6.45) is 0.468. The molecule has 1 aromatic rings. The molecule has 0 aromatic heterocycles. The van der Waals surface area contributed by atoms with Gasteiger partial charge in [0.25, 0.3) is 0 Å². The molecule has 0 fully saturated rings. The van der Waals surface area contributed by atoms with E-state index in [9.17, 15) is 4.79 Å². The van der Waals surface area contributed by atoms with Crippen LogP contribution in [-0.2, 0) is 10.5 Å². The van der Waals surface area contributed by atoms with Crippen molar-refractivity contribution in [2.45, 2.75) is 26.0 Å². The minimum absolute atomic E-state index is 0.219. The number of benzene rings is 1. The van der Waals surface area contributed by atoms with Gasteiger partial charge in [0.1, 0.15) is 0 Å². The number of rotatable bonds is 5. The van der Waals surface area contributed by atoms with Crippen LogP contribution in [0.4, 0.5) is 0 Å². The monoisotopic (exact) mass is 223 g/mol. The Bertz CT molecular complexity index is 329. The Balaban J connectivity index is 2.47. The molecule has 0 aliphatic heterocycles. The van der Waals surface area contributed by atoms with Crippen LogP contribution in [0.3, 0.4) is 0 Å². The molecule has 0 bridgehead atoms. The van der Waals surface area contributed by atoms with E-state index in [-0.39, 0.29) is 5.91 Å². The summed E-state index contributed by atoms with van der Waals surface area (Å²) < 4.78 is 0. The van der Waals surface area contributed by atoms with E-state index < -0.39 is 0 Å². The lowest BCUT2D eigenvalue weighted by Crippen LogP contribution is -2.11. The van der Waals surface area contributed by atoms with E-state index in [0.29, 0.717) is 6.42 Å². The molecule has 1 aromatic carbocycles. The standard InChI is InChI=1S/C12H17NOS/c1-9-4-3-5-10(2)11(9)8-15-7-6-12(13)14/h3-5H,6-8H2,1-2H3,(H2,13,14). The number of thioether (sulfide) groups is 1. The fraction of sp³-hybridized carbons (Fsp3) is 0.417. The molecule has 1 rings (SSSR count). The molecule has 0 aliphatic rings. The van der Waals surface area contributed by atoms with Gasteiger partial charge in [-0.3, -0.25) is 4.79 Å². The van der Waals surface area contributed by atoms with Gasteiger partial charge < -0.3 is 5.73 Å². The third-order valence-electron chi connectivity index (χ3n) is 2.38. The molecule has 0 saturated heterocycles. The van der Waals surface area contributed by atoms with Crippen molar-refractivity contribution < 1.29 is 4.79 Å². The van der Waals surface area contributed by atoms with Crippen LogP contribution in [0.5, 0.6) is 0 Å². The molecular formula is C12H17NOS. The largest absolute Gasteiger partial charge is 0.370 e. The molecule has 0 spiro atoms. The van der Waals surface area contributed by atoms with Gasteiger partial charge in [-0.1, -0.05) is 18.2 Å². The van der Waals surface area contributed by atoms with Crippen LogP contribution in [0.25, 0.3) is 0 Å². The number of amides is 1. The predicted molar refractivity (Wildman–Crippen MR) is 65.9 cm³/mol. The molecule has 0 saturated carbocycles. The predicted octanol–water partition coefficient (Wildman–Crippen LogP) is 2.41. The van der Waals surface area contributed by atoms with Gasteiger partial charge in [-0.05, 0) is 30.5 Å². The zero-order valence-corrected chi connectivity index (χ0v) is 10.1. The van der Waals surface area contributed by atoms with Gasteiger partial charge in [0.2, 0.25) is 5.91 Å². The number of carbonyl (C=O) groups is 1. The minimum Gasteiger partial charge on any atom is -0.370 e. The highest BCUT2D eigenvalue weighted by Crippen LogP contribution is 2.20. The third kappa shape index (κ3) is 3.96. The number of hydrogen-bond acceptors (Lipinski definition) is 2. The van der Waals surface area contributed by atoms with Crippen molar-refractivity contribution >= 4 is 17.7 Å². The summed E-state index contributed by atoms with van der Waals surface area (Å²) in [6, 6.07) is 6.32. The molecule has 1 amide bonds. The first-order valence-corrected chi connectivity index (χ1v) is 6.18. The van der Waals surface area contributed by atoms with Crippen molar-refractivity contribution in [1.29, 1.82) is 0 Å². The quantitative estimate of drug-likeness (QED) is 0.779. The number of primary amides is 1. The second-order valence-corrected chi connectivity index (χ2v) is 4.74. The number of carbonyl (C=O) groups excluding carboxylic acids is 1. The van der Waals surface area contributed by atoms with Crippen LogP contribution in [0, 0.1) is 13.8 Å². The minimum atomic E-state index is -0.219. The van der Waals surface area contributed by atoms with Crippen molar-refractivity contribution in [3.63, 3.8) is 0 Å². The summed E-state index contributed by atoms with van der Waals surface area (Å²) in [5.41, 5.74) is 9.10. The van der Waals surface area contributed by atoms with Crippen LogP contribution in [0.15, 0.2) is 18.2 Å². The Hall–Kier alpha value is -0.960. The topological polar surface area (TPSA) is 43.1 Å². The first-order chi connectivity index (χ1) is 7.11. The number of hydrogen-bond donors (Lipinski definition) is 1. The van der Waals surface area contributed by atoms with E-state index in [4.69, 9.17) is 5.73 Å². The maximum atomic E-state index is 10.6. The van der Waals surface area contributed by atoms with Crippen molar-refractivity contribution in [2.24, 2.45) is 5.73 Å². The molecular weight excluding hydrogens is 206 g/mol. The van der Waals surface area contributed by atoms with Crippen molar-refractivity contribution in [3.8, 4) is 0 Å². The summed E-state index contributed by atoms with van der Waals surface area (Å²) in [6.45, 7) is 4.24. The first kappa shape index (κ1) is 12.1. The lowest BCUT2D eigenvalue weighted by molar-refractivity contribution is -0.117. The van der Waals surface area contributed by atoms with E-state index in [2.05, 4.69) is 32.0 Å². The van der Waals surface area contributed by atoms with Crippen molar-refractivity contribution in [3.05, 3.63) is 34.9 Å². The highest BCUT2D eigenvalue weighted by molar-refractivity contribution is 7.98.